The van der Waals surface area contributed by atoms with Gasteiger partial charge in [0.2, 0.25) is 0 Å². The molecule has 0 saturated carbocycles. The van der Waals surface area contributed by atoms with Crippen molar-refractivity contribution in [3.05, 3.63) is 119 Å². The summed E-state index contributed by atoms with van der Waals surface area (Å²) in [7, 11) is 0. The van der Waals surface area contributed by atoms with Crippen LogP contribution in [0, 0.1) is 5.92 Å². The Balaban J connectivity index is 1.74. The SMILES string of the molecule is O=C(O)c1ccc(OC2(Oc3ccc(C(=O)O)c(C(=O)O)c3)C=CC(C(=O)c3ccccc3)C=C2)cc1C(=O)O. The van der Waals surface area contributed by atoms with Crippen molar-refractivity contribution in [3.8, 4) is 11.5 Å². The standard InChI is InChI=1S/C29H20O11/c30-24(16-4-2-1-3-5-16)17-10-12-29(13-11-17,39-18-6-8-20(25(31)32)22(14-18)27(35)36)40-19-7-9-21(26(33)34)23(15-19)28(37)38/h1-15,17H,(H,31,32)(H,33,34)(H,35,36)(H,37,38). The van der Waals surface area contributed by atoms with Crippen LogP contribution in [0.3, 0.4) is 0 Å². The lowest BCUT2D eigenvalue weighted by Gasteiger charge is -2.32. The number of ether oxygens (including phenoxy) is 2. The Morgan fingerprint density at radius 1 is 0.575 bits per heavy atom. The molecule has 0 amide bonds. The van der Waals surface area contributed by atoms with Crippen LogP contribution in [-0.2, 0) is 0 Å². The van der Waals surface area contributed by atoms with Crippen LogP contribution < -0.4 is 9.47 Å². The second-order valence-electron chi connectivity index (χ2n) is 8.54. The van der Waals surface area contributed by atoms with Crippen LogP contribution in [0.2, 0.25) is 0 Å². The topological polar surface area (TPSA) is 185 Å². The average molecular weight is 544 g/mol. The van der Waals surface area contributed by atoms with Gasteiger partial charge in [-0.05, 0) is 36.4 Å². The molecular weight excluding hydrogens is 524 g/mol. The van der Waals surface area contributed by atoms with E-state index in [4.69, 9.17) is 9.47 Å². The number of aromatic carboxylic acids is 4. The van der Waals surface area contributed by atoms with Crippen molar-refractivity contribution < 1.29 is 53.9 Å². The van der Waals surface area contributed by atoms with E-state index in [9.17, 15) is 44.4 Å². The first-order valence-corrected chi connectivity index (χ1v) is 11.6. The van der Waals surface area contributed by atoms with Gasteiger partial charge in [-0.2, -0.15) is 0 Å². The van der Waals surface area contributed by atoms with Crippen LogP contribution >= 0.6 is 0 Å². The van der Waals surface area contributed by atoms with Crippen LogP contribution in [0.15, 0.2) is 91.0 Å². The van der Waals surface area contributed by atoms with E-state index in [1.165, 1.54) is 36.4 Å². The molecule has 0 unspecified atom stereocenters. The summed E-state index contributed by atoms with van der Waals surface area (Å²) >= 11 is 0. The second kappa shape index (κ2) is 11.0. The molecule has 11 heteroatoms. The molecule has 3 aromatic carbocycles. The number of hydrogen-bond acceptors (Lipinski definition) is 7. The zero-order valence-electron chi connectivity index (χ0n) is 20.4. The first-order valence-electron chi connectivity index (χ1n) is 11.6. The normalized spacial score (nSPS) is 13.8. The van der Waals surface area contributed by atoms with Crippen molar-refractivity contribution in [2.24, 2.45) is 5.92 Å². The van der Waals surface area contributed by atoms with E-state index in [0.29, 0.717) is 5.56 Å². The largest absolute Gasteiger partial charge is 0.478 e. The van der Waals surface area contributed by atoms with E-state index in [1.54, 1.807) is 30.3 Å². The minimum Gasteiger partial charge on any atom is -0.478 e. The van der Waals surface area contributed by atoms with Gasteiger partial charge < -0.3 is 29.9 Å². The number of Topliss-reactive ketones (excluding diaryl/α,β-unsaturated/α-hetero) is 1. The number of ketones is 1. The zero-order chi connectivity index (χ0) is 29.0. The maximum Gasteiger partial charge on any atom is 0.336 e. The van der Waals surface area contributed by atoms with Crippen LogP contribution in [0.5, 0.6) is 11.5 Å². The Kier molecular flexibility index (Phi) is 7.48. The third-order valence-corrected chi connectivity index (χ3v) is 5.89. The van der Waals surface area contributed by atoms with Gasteiger partial charge in [0.05, 0.1) is 28.2 Å². The van der Waals surface area contributed by atoms with Gasteiger partial charge in [-0.1, -0.05) is 42.5 Å². The molecule has 0 radical (unpaired) electrons. The highest BCUT2D eigenvalue weighted by atomic mass is 16.7. The molecule has 4 N–H and O–H groups in total. The molecule has 3 aromatic rings. The number of benzene rings is 3. The number of carbonyl (C=O) groups is 5. The average Bonchev–Trinajstić information content (AvgIpc) is 2.93. The summed E-state index contributed by atoms with van der Waals surface area (Å²) < 4.78 is 11.9. The number of carbonyl (C=O) groups excluding carboxylic acids is 1. The van der Waals surface area contributed by atoms with Crippen LogP contribution in [0.1, 0.15) is 51.8 Å². The zero-order valence-corrected chi connectivity index (χ0v) is 20.4. The summed E-state index contributed by atoms with van der Waals surface area (Å²) in [6, 6.07) is 14.9. The Bertz CT molecular complexity index is 1490. The molecule has 1 aliphatic rings. The van der Waals surface area contributed by atoms with Crippen LogP contribution in [0.25, 0.3) is 0 Å². The van der Waals surface area contributed by atoms with Gasteiger partial charge in [0.15, 0.2) is 5.78 Å². The first kappa shape index (κ1) is 27.3. The van der Waals surface area contributed by atoms with Gasteiger partial charge in [0, 0.05) is 17.7 Å². The second-order valence-corrected chi connectivity index (χ2v) is 8.54. The molecular formula is C29H20O11. The lowest BCUT2D eigenvalue weighted by Crippen LogP contribution is -2.40. The molecule has 11 nitrogen and oxygen atoms in total. The number of carboxylic acid groups (broad SMARTS) is 4. The highest BCUT2D eigenvalue weighted by Gasteiger charge is 2.35. The number of rotatable bonds is 10. The van der Waals surface area contributed by atoms with Gasteiger partial charge in [-0.25, -0.2) is 19.2 Å². The Morgan fingerprint density at radius 2 is 1.00 bits per heavy atom. The summed E-state index contributed by atoms with van der Waals surface area (Å²) in [5.74, 6) is -9.03. The predicted molar refractivity (Wildman–Crippen MR) is 137 cm³/mol. The van der Waals surface area contributed by atoms with Crippen molar-refractivity contribution in [3.63, 3.8) is 0 Å². The highest BCUT2D eigenvalue weighted by molar-refractivity contribution is 6.03. The van der Waals surface area contributed by atoms with Crippen molar-refractivity contribution in [2.75, 3.05) is 0 Å². The van der Waals surface area contributed by atoms with Gasteiger partial charge in [-0.15, -0.1) is 0 Å². The molecule has 0 spiro atoms. The third-order valence-electron chi connectivity index (χ3n) is 5.89. The smallest absolute Gasteiger partial charge is 0.336 e. The summed E-state index contributed by atoms with van der Waals surface area (Å²) in [6.45, 7) is 0. The molecule has 0 aliphatic heterocycles. The van der Waals surface area contributed by atoms with E-state index in [1.807, 2.05) is 0 Å². The van der Waals surface area contributed by atoms with Gasteiger partial charge >= 0.3 is 23.9 Å². The number of allylic oxidation sites excluding steroid dienone is 2. The highest BCUT2D eigenvalue weighted by Crippen LogP contribution is 2.32. The minimum atomic E-state index is -1.87. The lowest BCUT2D eigenvalue weighted by atomic mass is 9.92. The van der Waals surface area contributed by atoms with E-state index >= 15 is 0 Å². The molecule has 0 saturated heterocycles. The van der Waals surface area contributed by atoms with Crippen molar-refractivity contribution >= 4 is 29.7 Å². The van der Waals surface area contributed by atoms with E-state index in [2.05, 4.69) is 0 Å². The van der Waals surface area contributed by atoms with Crippen molar-refractivity contribution in [1.29, 1.82) is 0 Å². The van der Waals surface area contributed by atoms with Crippen LogP contribution in [-0.4, -0.2) is 55.9 Å². The van der Waals surface area contributed by atoms with E-state index < -0.39 is 57.8 Å². The monoisotopic (exact) mass is 544 g/mol. The van der Waals surface area contributed by atoms with E-state index in [-0.39, 0.29) is 17.3 Å². The maximum absolute atomic E-state index is 12.9. The summed E-state index contributed by atoms with van der Waals surface area (Å²) in [6.07, 6.45) is 5.66. The van der Waals surface area contributed by atoms with Gasteiger partial charge in [0.1, 0.15) is 11.5 Å². The molecule has 202 valence electrons. The molecule has 0 bridgehead atoms. The molecule has 0 atom stereocenters. The minimum absolute atomic E-state index is 0.120. The fourth-order valence-electron chi connectivity index (χ4n) is 3.99. The van der Waals surface area contributed by atoms with Crippen molar-refractivity contribution in [1.82, 2.24) is 0 Å². The Labute approximate surface area is 225 Å². The lowest BCUT2D eigenvalue weighted by molar-refractivity contribution is -0.0295. The quantitative estimate of drug-likeness (QED) is 0.162. The van der Waals surface area contributed by atoms with Gasteiger partial charge in [-0.3, -0.25) is 4.79 Å². The summed E-state index contributed by atoms with van der Waals surface area (Å²) in [5.41, 5.74) is -1.62. The first-order chi connectivity index (χ1) is 19.0. The fourth-order valence-corrected chi connectivity index (χ4v) is 3.99. The van der Waals surface area contributed by atoms with Gasteiger partial charge in [0.25, 0.3) is 5.79 Å². The number of carboxylic acids is 4. The summed E-state index contributed by atoms with van der Waals surface area (Å²) in [4.78, 5) is 59.1. The third kappa shape index (κ3) is 5.73. The maximum atomic E-state index is 12.9. The van der Waals surface area contributed by atoms with E-state index in [0.717, 1.165) is 24.3 Å². The fraction of sp³-hybridized carbons (Fsp3) is 0.0690. The Morgan fingerprint density at radius 3 is 1.40 bits per heavy atom. The molecule has 1 aliphatic carbocycles. The summed E-state index contributed by atoms with van der Waals surface area (Å²) in [5, 5.41) is 37.6. The molecule has 0 heterocycles. The number of hydrogen-bond donors (Lipinski definition) is 4. The van der Waals surface area contributed by atoms with Crippen molar-refractivity contribution in [2.45, 2.75) is 5.79 Å². The molecule has 0 fully saturated rings. The molecule has 40 heavy (non-hydrogen) atoms. The Hall–Kier alpha value is -5.71. The molecule has 0 aromatic heterocycles. The molecule has 4 rings (SSSR count). The van der Waals surface area contributed by atoms with Crippen LogP contribution in [0.4, 0.5) is 0 Å². The predicted octanol–water partition coefficient (Wildman–Crippen LogP) is 4.26.